The van der Waals surface area contributed by atoms with Crippen LogP contribution in [0.5, 0.6) is 0 Å². The van der Waals surface area contributed by atoms with Gasteiger partial charge in [-0.1, -0.05) is 306 Å². The Morgan fingerprint density at radius 3 is 0.847 bits per heavy atom. The molecule has 6 heteroatoms. The summed E-state index contributed by atoms with van der Waals surface area (Å²) in [6.45, 7) is 6.51. The maximum absolute atomic E-state index is 12.9. The van der Waals surface area contributed by atoms with Crippen LogP contribution >= 0.6 is 0 Å². The largest absolute Gasteiger partial charge is 0.462 e. The minimum absolute atomic E-state index is 0.0942. The first-order valence-corrected chi connectivity index (χ1v) is 30.9. The predicted octanol–water partition coefficient (Wildman–Crippen LogP) is 20.9. The highest BCUT2D eigenvalue weighted by molar-refractivity contribution is 5.71. The molecular formula is C66H116O6. The van der Waals surface area contributed by atoms with Gasteiger partial charge in [0.2, 0.25) is 0 Å². The highest BCUT2D eigenvalue weighted by atomic mass is 16.6. The maximum Gasteiger partial charge on any atom is 0.306 e. The Bertz CT molecular complexity index is 1340. The molecule has 0 unspecified atom stereocenters. The van der Waals surface area contributed by atoms with E-state index < -0.39 is 6.10 Å². The SMILES string of the molecule is CC/C=C/C/C=C/C/C=C/C/C=C/C/C=C/C/C=C/CCC(=O)OC[C@@H](COC(=O)CCCCCCCCCCCCCCCCCCC)OC(=O)CCCCCCCCCCCCCCCCCCCC. The van der Waals surface area contributed by atoms with Crippen molar-refractivity contribution in [2.24, 2.45) is 0 Å². The van der Waals surface area contributed by atoms with E-state index in [0.717, 1.165) is 77.0 Å². The lowest BCUT2D eigenvalue weighted by Crippen LogP contribution is -2.30. The van der Waals surface area contributed by atoms with Gasteiger partial charge in [-0.2, -0.15) is 0 Å². The third-order valence-electron chi connectivity index (χ3n) is 13.5. The number of allylic oxidation sites excluding steroid dienone is 12. The van der Waals surface area contributed by atoms with Crippen molar-refractivity contribution in [3.05, 3.63) is 72.9 Å². The molecule has 0 amide bonds. The summed E-state index contributed by atoms with van der Waals surface area (Å²) in [6.07, 6.45) is 77.7. The normalized spacial score (nSPS) is 12.5. The summed E-state index contributed by atoms with van der Waals surface area (Å²) in [6, 6.07) is 0. The Hall–Kier alpha value is -3.15. The molecule has 416 valence electrons. The van der Waals surface area contributed by atoms with E-state index >= 15 is 0 Å². The lowest BCUT2D eigenvalue weighted by molar-refractivity contribution is -0.166. The molecule has 0 aliphatic heterocycles. The molecule has 0 rings (SSSR count). The summed E-state index contributed by atoms with van der Waals surface area (Å²) in [5.74, 6) is -0.965. The van der Waals surface area contributed by atoms with Crippen molar-refractivity contribution in [1.29, 1.82) is 0 Å². The fourth-order valence-electron chi connectivity index (χ4n) is 8.88. The second-order valence-corrected chi connectivity index (χ2v) is 20.6. The maximum atomic E-state index is 12.9. The summed E-state index contributed by atoms with van der Waals surface area (Å²) < 4.78 is 16.9. The van der Waals surface area contributed by atoms with Crippen molar-refractivity contribution in [2.75, 3.05) is 13.2 Å². The zero-order chi connectivity index (χ0) is 52.2. The molecular weight excluding hydrogens is 889 g/mol. The number of rotatable bonds is 56. The molecule has 0 aliphatic carbocycles. The molecule has 1 atom stereocenters. The smallest absolute Gasteiger partial charge is 0.306 e. The van der Waals surface area contributed by atoms with Gasteiger partial charge >= 0.3 is 17.9 Å². The van der Waals surface area contributed by atoms with E-state index in [1.54, 1.807) is 0 Å². The second kappa shape index (κ2) is 60.4. The Labute approximate surface area is 446 Å². The van der Waals surface area contributed by atoms with Crippen LogP contribution in [-0.2, 0) is 28.6 Å². The van der Waals surface area contributed by atoms with E-state index in [9.17, 15) is 14.4 Å². The summed E-state index contributed by atoms with van der Waals surface area (Å²) in [5.41, 5.74) is 0. The summed E-state index contributed by atoms with van der Waals surface area (Å²) in [4.78, 5) is 38.2. The second-order valence-electron chi connectivity index (χ2n) is 20.6. The molecule has 0 fully saturated rings. The molecule has 0 aliphatic rings. The first-order chi connectivity index (χ1) is 35.5. The van der Waals surface area contributed by atoms with Gasteiger partial charge in [-0.25, -0.2) is 0 Å². The summed E-state index contributed by atoms with van der Waals surface area (Å²) >= 11 is 0. The van der Waals surface area contributed by atoms with Crippen LogP contribution in [0.3, 0.4) is 0 Å². The molecule has 0 aromatic rings. The monoisotopic (exact) mass is 1000 g/mol. The molecule has 0 radical (unpaired) electrons. The van der Waals surface area contributed by atoms with Gasteiger partial charge in [-0.15, -0.1) is 0 Å². The van der Waals surface area contributed by atoms with Gasteiger partial charge in [-0.05, 0) is 57.8 Å². The Kier molecular flexibility index (Phi) is 57.8. The quantitative estimate of drug-likeness (QED) is 0.0261. The Morgan fingerprint density at radius 2 is 0.542 bits per heavy atom. The van der Waals surface area contributed by atoms with E-state index in [2.05, 4.69) is 87.6 Å². The van der Waals surface area contributed by atoms with Crippen LogP contribution in [0.2, 0.25) is 0 Å². The van der Waals surface area contributed by atoms with E-state index in [-0.39, 0.29) is 37.5 Å². The van der Waals surface area contributed by atoms with Gasteiger partial charge < -0.3 is 14.2 Å². The topological polar surface area (TPSA) is 78.9 Å². The van der Waals surface area contributed by atoms with Gasteiger partial charge in [0.1, 0.15) is 13.2 Å². The van der Waals surface area contributed by atoms with Crippen molar-refractivity contribution in [2.45, 2.75) is 316 Å². The van der Waals surface area contributed by atoms with Crippen molar-refractivity contribution < 1.29 is 28.6 Å². The van der Waals surface area contributed by atoms with Crippen LogP contribution in [0.25, 0.3) is 0 Å². The first-order valence-electron chi connectivity index (χ1n) is 30.9. The molecule has 0 aromatic heterocycles. The van der Waals surface area contributed by atoms with Gasteiger partial charge in [0.15, 0.2) is 6.10 Å². The number of unbranched alkanes of at least 4 members (excludes halogenated alkanes) is 33. The summed E-state index contributed by atoms with van der Waals surface area (Å²) in [5, 5.41) is 0. The highest BCUT2D eigenvalue weighted by Gasteiger charge is 2.19. The number of esters is 3. The van der Waals surface area contributed by atoms with Gasteiger partial charge in [0.25, 0.3) is 0 Å². The van der Waals surface area contributed by atoms with Gasteiger partial charge in [-0.3, -0.25) is 14.4 Å². The van der Waals surface area contributed by atoms with Crippen LogP contribution in [0.15, 0.2) is 72.9 Å². The lowest BCUT2D eigenvalue weighted by atomic mass is 10.0. The third-order valence-corrected chi connectivity index (χ3v) is 13.5. The van der Waals surface area contributed by atoms with Crippen molar-refractivity contribution in [1.82, 2.24) is 0 Å². The minimum atomic E-state index is -0.803. The molecule has 6 nitrogen and oxygen atoms in total. The molecule has 0 saturated carbocycles. The Balaban J connectivity index is 4.45. The van der Waals surface area contributed by atoms with E-state index in [4.69, 9.17) is 14.2 Å². The van der Waals surface area contributed by atoms with Crippen molar-refractivity contribution in [3.8, 4) is 0 Å². The number of hydrogen-bond donors (Lipinski definition) is 0. The molecule has 72 heavy (non-hydrogen) atoms. The fourth-order valence-corrected chi connectivity index (χ4v) is 8.88. The lowest BCUT2D eigenvalue weighted by Gasteiger charge is -2.18. The molecule has 0 spiro atoms. The predicted molar refractivity (Wildman–Crippen MR) is 311 cm³/mol. The van der Waals surface area contributed by atoms with E-state index in [1.165, 1.54) is 186 Å². The fraction of sp³-hybridized carbons (Fsp3) is 0.773. The number of hydrogen-bond acceptors (Lipinski definition) is 6. The molecule has 0 saturated heterocycles. The van der Waals surface area contributed by atoms with Crippen LogP contribution in [-0.4, -0.2) is 37.2 Å². The average molecular weight is 1010 g/mol. The van der Waals surface area contributed by atoms with Gasteiger partial charge in [0.05, 0.1) is 0 Å². The van der Waals surface area contributed by atoms with Crippen LogP contribution < -0.4 is 0 Å². The molecule has 0 N–H and O–H groups in total. The van der Waals surface area contributed by atoms with Crippen LogP contribution in [0.4, 0.5) is 0 Å². The number of ether oxygens (including phenoxy) is 3. The first kappa shape index (κ1) is 68.8. The third kappa shape index (κ3) is 57.7. The summed E-state index contributed by atoms with van der Waals surface area (Å²) in [7, 11) is 0. The van der Waals surface area contributed by atoms with Crippen molar-refractivity contribution >= 4 is 17.9 Å². The highest BCUT2D eigenvalue weighted by Crippen LogP contribution is 2.17. The minimum Gasteiger partial charge on any atom is -0.462 e. The average Bonchev–Trinajstić information content (AvgIpc) is 3.38. The number of carbonyl (C=O) groups is 3. The molecule has 0 heterocycles. The zero-order valence-corrected chi connectivity index (χ0v) is 47.7. The van der Waals surface area contributed by atoms with Crippen molar-refractivity contribution in [3.63, 3.8) is 0 Å². The molecule has 0 aromatic carbocycles. The molecule has 0 bridgehead atoms. The standard InChI is InChI=1S/C66H116O6/c1-4-7-10-13-16-19-22-25-28-31-33-36-38-41-44-47-50-53-56-59-65(68)71-62-63(61-70-64(67)58-55-52-49-46-43-40-37-34-30-27-24-21-18-15-12-9-6-3)72-66(69)60-57-54-51-48-45-42-39-35-32-29-26-23-20-17-14-11-8-5-2/h7,10,16,19,25,28,33,36,41,44,50,53,63H,4-6,8-9,11-15,17-18,20-24,26-27,29-32,34-35,37-40,42-43,45-49,51-52,54-62H2,1-3H3/b10-7+,19-16+,28-25+,36-33+,44-41+,53-50+/t63-/m1/s1. The Morgan fingerprint density at radius 1 is 0.292 bits per heavy atom. The van der Waals surface area contributed by atoms with Crippen LogP contribution in [0, 0.1) is 0 Å². The number of carbonyl (C=O) groups excluding carboxylic acids is 3. The van der Waals surface area contributed by atoms with E-state index in [0.29, 0.717) is 19.3 Å². The van der Waals surface area contributed by atoms with Crippen LogP contribution in [0.1, 0.15) is 310 Å². The van der Waals surface area contributed by atoms with E-state index in [1.807, 2.05) is 6.08 Å². The zero-order valence-electron chi connectivity index (χ0n) is 47.7. The van der Waals surface area contributed by atoms with Gasteiger partial charge in [0, 0.05) is 19.3 Å².